The maximum absolute atomic E-state index is 11.2. The number of ether oxygens (including phenoxy) is 1. The van der Waals surface area contributed by atoms with Crippen molar-refractivity contribution in [1.82, 2.24) is 0 Å². The average Bonchev–Trinajstić information content (AvgIpc) is 2.54. The van der Waals surface area contributed by atoms with Crippen molar-refractivity contribution in [2.45, 2.75) is 96.8 Å². The van der Waals surface area contributed by atoms with Gasteiger partial charge in [-0.25, -0.2) is 4.79 Å². The number of carbonyl (C=O) groups is 1. The van der Waals surface area contributed by atoms with Gasteiger partial charge in [-0.3, -0.25) is 0 Å². The molecule has 0 aliphatic heterocycles. The van der Waals surface area contributed by atoms with Gasteiger partial charge in [-0.1, -0.05) is 83.6 Å². The summed E-state index contributed by atoms with van der Waals surface area (Å²) in [5, 5.41) is 8.69. The smallest absolute Gasteiger partial charge is 0.333 e. The lowest BCUT2D eigenvalue weighted by molar-refractivity contribution is -0.139. The van der Waals surface area contributed by atoms with Gasteiger partial charge in [0, 0.05) is 12.2 Å². The lowest BCUT2D eigenvalue weighted by Crippen LogP contribution is -2.05. The Morgan fingerprint density at radius 1 is 0.739 bits per heavy atom. The van der Waals surface area contributed by atoms with Gasteiger partial charge in [-0.15, -0.1) is 0 Å². The molecule has 0 aromatic carbocycles. The molecular weight excluding hydrogens is 288 g/mol. The zero-order valence-electron chi connectivity index (χ0n) is 15.3. The summed E-state index contributed by atoms with van der Waals surface area (Å²) in [6, 6.07) is 0. The monoisotopic (exact) mass is 326 g/mol. The highest BCUT2D eigenvalue weighted by atomic mass is 16.5. The molecule has 0 aromatic rings. The Balaban J connectivity index is 3.05. The Hall–Kier alpha value is -0.830. The van der Waals surface area contributed by atoms with E-state index >= 15 is 0 Å². The van der Waals surface area contributed by atoms with Crippen LogP contribution in [0.2, 0.25) is 0 Å². The third-order valence-electron chi connectivity index (χ3n) is 4.13. The minimum absolute atomic E-state index is 0.265. The van der Waals surface area contributed by atoms with Crippen LogP contribution in [0.1, 0.15) is 96.8 Å². The highest BCUT2D eigenvalue weighted by Crippen LogP contribution is 2.13. The zero-order valence-corrected chi connectivity index (χ0v) is 15.3. The molecule has 0 aliphatic rings. The first-order valence-electron chi connectivity index (χ1n) is 9.62. The summed E-state index contributed by atoms with van der Waals surface area (Å²) in [4.78, 5) is 11.2. The quantitative estimate of drug-likeness (QED) is 0.216. The van der Waals surface area contributed by atoms with Gasteiger partial charge in [-0.2, -0.15) is 0 Å². The Morgan fingerprint density at radius 2 is 1.09 bits per heavy atom. The molecule has 0 aliphatic carbocycles. The predicted molar refractivity (Wildman–Crippen MR) is 97.5 cm³/mol. The van der Waals surface area contributed by atoms with E-state index in [-0.39, 0.29) is 5.97 Å². The van der Waals surface area contributed by atoms with E-state index in [1.807, 2.05) is 0 Å². The molecule has 0 atom stereocenters. The number of esters is 1. The van der Waals surface area contributed by atoms with Crippen LogP contribution in [0.25, 0.3) is 0 Å². The minimum Gasteiger partial charge on any atom is -0.462 e. The number of rotatable bonds is 17. The van der Waals surface area contributed by atoms with Gasteiger partial charge in [0.05, 0.1) is 6.61 Å². The Morgan fingerprint density at radius 3 is 1.43 bits per heavy atom. The SMILES string of the molecule is C=C(C)C(=O)OCCCCCCCCCCCCCCCCO. The molecule has 0 bridgehead atoms. The topological polar surface area (TPSA) is 46.5 Å². The molecule has 0 fully saturated rings. The van der Waals surface area contributed by atoms with Crippen LogP contribution in [0.4, 0.5) is 0 Å². The summed E-state index contributed by atoms with van der Waals surface area (Å²) in [5.41, 5.74) is 0.482. The highest BCUT2D eigenvalue weighted by molar-refractivity contribution is 5.86. The molecule has 0 saturated carbocycles. The van der Waals surface area contributed by atoms with Crippen molar-refractivity contribution in [2.24, 2.45) is 0 Å². The minimum atomic E-state index is -0.265. The normalized spacial score (nSPS) is 10.7. The average molecular weight is 327 g/mol. The number of unbranched alkanes of at least 4 members (excludes halogenated alkanes) is 13. The molecule has 0 unspecified atom stereocenters. The standard InChI is InChI=1S/C20H38O3/c1-19(2)20(22)23-18-16-14-12-10-8-6-4-3-5-7-9-11-13-15-17-21/h21H,1,3-18H2,2H3. The fraction of sp³-hybridized carbons (Fsp3) is 0.850. The lowest BCUT2D eigenvalue weighted by Gasteiger charge is -2.05. The Labute approximate surface area is 143 Å². The van der Waals surface area contributed by atoms with E-state index in [1.54, 1.807) is 6.92 Å². The van der Waals surface area contributed by atoms with Crippen molar-refractivity contribution >= 4 is 5.97 Å². The number of carbonyl (C=O) groups excluding carboxylic acids is 1. The highest BCUT2D eigenvalue weighted by Gasteiger charge is 2.01. The van der Waals surface area contributed by atoms with Crippen LogP contribution in [0.15, 0.2) is 12.2 Å². The number of hydrogen-bond acceptors (Lipinski definition) is 3. The van der Waals surface area contributed by atoms with Crippen molar-refractivity contribution in [3.05, 3.63) is 12.2 Å². The van der Waals surface area contributed by atoms with Crippen molar-refractivity contribution in [3.8, 4) is 0 Å². The van der Waals surface area contributed by atoms with Gasteiger partial charge >= 0.3 is 5.97 Å². The lowest BCUT2D eigenvalue weighted by atomic mass is 10.0. The van der Waals surface area contributed by atoms with Gasteiger partial charge in [-0.05, 0) is 19.8 Å². The van der Waals surface area contributed by atoms with Crippen molar-refractivity contribution < 1.29 is 14.6 Å². The van der Waals surface area contributed by atoms with E-state index in [4.69, 9.17) is 9.84 Å². The van der Waals surface area contributed by atoms with Crippen LogP contribution in [-0.2, 0) is 9.53 Å². The molecule has 1 N–H and O–H groups in total. The third kappa shape index (κ3) is 17.4. The zero-order chi connectivity index (χ0) is 17.2. The van der Waals surface area contributed by atoms with Crippen LogP contribution in [-0.4, -0.2) is 24.3 Å². The first-order chi connectivity index (χ1) is 11.2. The van der Waals surface area contributed by atoms with E-state index in [9.17, 15) is 4.79 Å². The fourth-order valence-corrected chi connectivity index (χ4v) is 2.62. The van der Waals surface area contributed by atoms with E-state index in [0.717, 1.165) is 19.3 Å². The van der Waals surface area contributed by atoms with E-state index in [0.29, 0.717) is 18.8 Å². The largest absolute Gasteiger partial charge is 0.462 e. The first kappa shape index (κ1) is 22.2. The second-order valence-electron chi connectivity index (χ2n) is 6.59. The van der Waals surface area contributed by atoms with Gasteiger partial charge in [0.15, 0.2) is 0 Å². The Kier molecular flexibility index (Phi) is 16.9. The van der Waals surface area contributed by atoms with Gasteiger partial charge in [0.2, 0.25) is 0 Å². The van der Waals surface area contributed by atoms with E-state index < -0.39 is 0 Å². The molecule has 0 rings (SSSR count). The summed E-state index contributed by atoms with van der Waals surface area (Å²) >= 11 is 0. The van der Waals surface area contributed by atoms with Gasteiger partial charge in [0.25, 0.3) is 0 Å². The molecule has 0 saturated heterocycles. The number of hydrogen-bond donors (Lipinski definition) is 1. The van der Waals surface area contributed by atoms with Crippen molar-refractivity contribution in [2.75, 3.05) is 13.2 Å². The first-order valence-corrected chi connectivity index (χ1v) is 9.62. The second kappa shape index (κ2) is 17.5. The predicted octanol–water partition coefficient (Wildman–Crippen LogP) is 5.56. The molecular formula is C20H38O3. The molecule has 0 heterocycles. The third-order valence-corrected chi connectivity index (χ3v) is 4.13. The summed E-state index contributed by atoms with van der Waals surface area (Å²) in [6.07, 6.45) is 17.6. The van der Waals surface area contributed by atoms with Crippen LogP contribution >= 0.6 is 0 Å². The van der Waals surface area contributed by atoms with Crippen LogP contribution in [0, 0.1) is 0 Å². The fourth-order valence-electron chi connectivity index (χ4n) is 2.62. The molecule has 3 nitrogen and oxygen atoms in total. The Bertz CT molecular complexity index is 287. The number of aliphatic hydroxyl groups excluding tert-OH is 1. The molecule has 0 radical (unpaired) electrons. The molecule has 3 heteroatoms. The summed E-state index contributed by atoms with van der Waals surface area (Å²) in [6.45, 7) is 6.12. The van der Waals surface area contributed by atoms with Crippen molar-refractivity contribution in [1.29, 1.82) is 0 Å². The summed E-state index contributed by atoms with van der Waals surface area (Å²) in [7, 11) is 0. The van der Waals surface area contributed by atoms with E-state index in [1.165, 1.54) is 70.6 Å². The summed E-state index contributed by atoms with van der Waals surface area (Å²) in [5.74, 6) is -0.265. The molecule has 0 spiro atoms. The van der Waals surface area contributed by atoms with E-state index in [2.05, 4.69) is 6.58 Å². The van der Waals surface area contributed by atoms with Gasteiger partial charge < -0.3 is 9.84 Å². The molecule has 0 aromatic heterocycles. The summed E-state index contributed by atoms with van der Waals surface area (Å²) < 4.78 is 5.07. The number of aliphatic hydroxyl groups is 1. The maximum Gasteiger partial charge on any atom is 0.333 e. The maximum atomic E-state index is 11.2. The second-order valence-corrected chi connectivity index (χ2v) is 6.59. The van der Waals surface area contributed by atoms with Gasteiger partial charge in [0.1, 0.15) is 0 Å². The van der Waals surface area contributed by atoms with Crippen LogP contribution in [0.3, 0.4) is 0 Å². The molecule has 136 valence electrons. The van der Waals surface area contributed by atoms with Crippen molar-refractivity contribution in [3.63, 3.8) is 0 Å². The van der Waals surface area contributed by atoms with Crippen LogP contribution < -0.4 is 0 Å². The van der Waals surface area contributed by atoms with Crippen LogP contribution in [0.5, 0.6) is 0 Å². The molecule has 0 amide bonds. The molecule has 23 heavy (non-hydrogen) atoms.